The standard InChI is InChI=1S/C17H20N4O3/c1-3-4-11-18-15-10-9-14(20-21-15)16(22)19-13-7-5-12(6-8-13)17(23)24-2/h5-10H,3-4,11H2,1-2H3,(H,18,21)(H,19,22). The maximum atomic E-state index is 12.1. The molecule has 0 aliphatic heterocycles. The molecule has 1 amide bonds. The molecule has 0 bridgehead atoms. The first-order chi connectivity index (χ1) is 11.6. The van der Waals surface area contributed by atoms with Crippen LogP contribution in [0.2, 0.25) is 0 Å². The first-order valence-electron chi connectivity index (χ1n) is 7.71. The number of carbonyl (C=O) groups is 2. The van der Waals surface area contributed by atoms with E-state index in [1.165, 1.54) is 7.11 Å². The number of unbranched alkanes of at least 4 members (excludes halogenated alkanes) is 1. The molecule has 0 spiro atoms. The minimum atomic E-state index is -0.426. The van der Waals surface area contributed by atoms with Gasteiger partial charge in [-0.05, 0) is 42.8 Å². The van der Waals surface area contributed by atoms with Gasteiger partial charge in [-0.3, -0.25) is 4.79 Å². The number of rotatable bonds is 7. The topological polar surface area (TPSA) is 93.2 Å². The Morgan fingerprint density at radius 1 is 1.08 bits per heavy atom. The van der Waals surface area contributed by atoms with Crippen LogP contribution in [0.25, 0.3) is 0 Å². The summed E-state index contributed by atoms with van der Waals surface area (Å²) in [5.74, 6) is -0.152. The van der Waals surface area contributed by atoms with E-state index in [0.29, 0.717) is 17.1 Å². The van der Waals surface area contributed by atoms with Crippen molar-refractivity contribution in [1.29, 1.82) is 0 Å². The second kappa shape index (κ2) is 8.61. The van der Waals surface area contributed by atoms with Gasteiger partial charge >= 0.3 is 5.97 Å². The van der Waals surface area contributed by atoms with Crippen LogP contribution in [0.15, 0.2) is 36.4 Å². The van der Waals surface area contributed by atoms with Gasteiger partial charge in [0, 0.05) is 12.2 Å². The highest BCUT2D eigenvalue weighted by atomic mass is 16.5. The van der Waals surface area contributed by atoms with Crippen molar-refractivity contribution >= 4 is 23.4 Å². The smallest absolute Gasteiger partial charge is 0.337 e. The highest BCUT2D eigenvalue weighted by molar-refractivity contribution is 6.03. The Morgan fingerprint density at radius 3 is 2.42 bits per heavy atom. The molecule has 7 heteroatoms. The molecule has 0 unspecified atom stereocenters. The molecule has 2 aromatic rings. The van der Waals surface area contributed by atoms with E-state index in [9.17, 15) is 9.59 Å². The lowest BCUT2D eigenvalue weighted by Crippen LogP contribution is -2.15. The third-order valence-electron chi connectivity index (χ3n) is 3.30. The van der Waals surface area contributed by atoms with Gasteiger partial charge in [0.1, 0.15) is 5.82 Å². The summed E-state index contributed by atoms with van der Waals surface area (Å²) < 4.78 is 4.62. The number of nitrogens with zero attached hydrogens (tertiary/aromatic N) is 2. The van der Waals surface area contributed by atoms with Crippen LogP contribution in [0.4, 0.5) is 11.5 Å². The number of anilines is 2. The second-order valence-electron chi connectivity index (χ2n) is 5.11. The molecular weight excluding hydrogens is 308 g/mol. The molecule has 0 aliphatic carbocycles. The van der Waals surface area contributed by atoms with Crippen LogP contribution in [-0.2, 0) is 4.74 Å². The van der Waals surface area contributed by atoms with E-state index in [1.807, 2.05) is 0 Å². The Bertz CT molecular complexity index is 684. The summed E-state index contributed by atoms with van der Waals surface area (Å²) in [5.41, 5.74) is 1.19. The predicted octanol–water partition coefficient (Wildman–Crippen LogP) is 2.73. The Morgan fingerprint density at radius 2 is 1.83 bits per heavy atom. The largest absolute Gasteiger partial charge is 0.465 e. The van der Waals surface area contributed by atoms with Crippen LogP contribution in [0.1, 0.15) is 40.6 Å². The Labute approximate surface area is 140 Å². The van der Waals surface area contributed by atoms with Crippen molar-refractivity contribution in [3.63, 3.8) is 0 Å². The molecule has 1 aromatic carbocycles. The lowest BCUT2D eigenvalue weighted by Gasteiger charge is -2.06. The number of benzene rings is 1. The molecule has 2 N–H and O–H groups in total. The summed E-state index contributed by atoms with van der Waals surface area (Å²) in [7, 11) is 1.32. The molecule has 24 heavy (non-hydrogen) atoms. The van der Waals surface area contributed by atoms with Crippen molar-refractivity contribution in [2.75, 3.05) is 24.3 Å². The van der Waals surface area contributed by atoms with Crippen molar-refractivity contribution in [1.82, 2.24) is 10.2 Å². The fourth-order valence-corrected chi connectivity index (χ4v) is 1.94. The Hall–Kier alpha value is -2.96. The van der Waals surface area contributed by atoms with Gasteiger partial charge < -0.3 is 15.4 Å². The number of ether oxygens (including phenoxy) is 1. The van der Waals surface area contributed by atoms with E-state index in [4.69, 9.17) is 0 Å². The summed E-state index contributed by atoms with van der Waals surface area (Å²) in [4.78, 5) is 23.5. The summed E-state index contributed by atoms with van der Waals surface area (Å²) >= 11 is 0. The van der Waals surface area contributed by atoms with E-state index in [2.05, 4.69) is 32.5 Å². The van der Waals surface area contributed by atoms with Gasteiger partial charge in [-0.25, -0.2) is 4.79 Å². The van der Waals surface area contributed by atoms with Gasteiger partial charge in [-0.2, -0.15) is 0 Å². The monoisotopic (exact) mass is 328 g/mol. The van der Waals surface area contributed by atoms with Gasteiger partial charge in [0.2, 0.25) is 0 Å². The number of hydrogen-bond donors (Lipinski definition) is 2. The van der Waals surface area contributed by atoms with Crippen molar-refractivity contribution < 1.29 is 14.3 Å². The van der Waals surface area contributed by atoms with Crippen LogP contribution >= 0.6 is 0 Å². The minimum Gasteiger partial charge on any atom is -0.465 e. The van der Waals surface area contributed by atoms with Crippen LogP contribution < -0.4 is 10.6 Å². The summed E-state index contributed by atoms with van der Waals surface area (Å²) in [6.07, 6.45) is 2.14. The van der Waals surface area contributed by atoms with Gasteiger partial charge in [0.25, 0.3) is 5.91 Å². The number of esters is 1. The van der Waals surface area contributed by atoms with Crippen LogP contribution in [0.5, 0.6) is 0 Å². The van der Waals surface area contributed by atoms with Crippen molar-refractivity contribution in [3.8, 4) is 0 Å². The van der Waals surface area contributed by atoms with Crippen LogP contribution in [0, 0.1) is 0 Å². The highest BCUT2D eigenvalue weighted by Gasteiger charge is 2.10. The van der Waals surface area contributed by atoms with E-state index in [-0.39, 0.29) is 11.6 Å². The molecule has 0 atom stereocenters. The van der Waals surface area contributed by atoms with E-state index in [1.54, 1.807) is 36.4 Å². The zero-order valence-electron chi connectivity index (χ0n) is 13.7. The molecule has 1 heterocycles. The Kier molecular flexibility index (Phi) is 6.24. The lowest BCUT2D eigenvalue weighted by atomic mass is 10.2. The van der Waals surface area contributed by atoms with Gasteiger partial charge in [0.15, 0.2) is 5.69 Å². The molecular formula is C17H20N4O3. The third-order valence-corrected chi connectivity index (χ3v) is 3.30. The molecule has 0 saturated heterocycles. The maximum absolute atomic E-state index is 12.1. The SMILES string of the molecule is CCCCNc1ccc(C(=O)Nc2ccc(C(=O)OC)cc2)nn1. The molecule has 126 valence electrons. The first kappa shape index (κ1) is 17.4. The van der Waals surface area contributed by atoms with Crippen molar-refractivity contribution in [2.24, 2.45) is 0 Å². The molecule has 0 fully saturated rings. The number of aromatic nitrogens is 2. The van der Waals surface area contributed by atoms with E-state index < -0.39 is 5.97 Å². The van der Waals surface area contributed by atoms with Crippen molar-refractivity contribution in [3.05, 3.63) is 47.7 Å². The van der Waals surface area contributed by atoms with Gasteiger partial charge in [-0.1, -0.05) is 13.3 Å². The Balaban J connectivity index is 1.95. The van der Waals surface area contributed by atoms with Crippen molar-refractivity contribution in [2.45, 2.75) is 19.8 Å². The van der Waals surface area contributed by atoms with E-state index in [0.717, 1.165) is 19.4 Å². The number of carbonyl (C=O) groups excluding carboxylic acids is 2. The maximum Gasteiger partial charge on any atom is 0.337 e. The zero-order chi connectivity index (χ0) is 17.4. The molecule has 0 aliphatic rings. The summed E-state index contributed by atoms with van der Waals surface area (Å²) in [6.45, 7) is 2.93. The molecule has 2 rings (SSSR count). The van der Waals surface area contributed by atoms with Gasteiger partial charge in [0.05, 0.1) is 12.7 Å². The van der Waals surface area contributed by atoms with Crippen LogP contribution in [0.3, 0.4) is 0 Å². The minimum absolute atomic E-state index is 0.216. The molecule has 0 radical (unpaired) electrons. The number of amides is 1. The number of nitrogens with one attached hydrogen (secondary N) is 2. The quantitative estimate of drug-likeness (QED) is 0.599. The fourth-order valence-electron chi connectivity index (χ4n) is 1.94. The van der Waals surface area contributed by atoms with Crippen LogP contribution in [-0.4, -0.2) is 35.7 Å². The number of hydrogen-bond acceptors (Lipinski definition) is 6. The third kappa shape index (κ3) is 4.77. The van der Waals surface area contributed by atoms with Gasteiger partial charge in [-0.15, -0.1) is 10.2 Å². The highest BCUT2D eigenvalue weighted by Crippen LogP contribution is 2.12. The summed E-state index contributed by atoms with van der Waals surface area (Å²) in [5, 5.41) is 13.7. The fraction of sp³-hybridized carbons (Fsp3) is 0.294. The van der Waals surface area contributed by atoms with E-state index >= 15 is 0 Å². The molecule has 7 nitrogen and oxygen atoms in total. The number of methoxy groups -OCH3 is 1. The molecule has 0 saturated carbocycles. The summed E-state index contributed by atoms with van der Waals surface area (Å²) in [6, 6.07) is 9.73. The average molecular weight is 328 g/mol. The average Bonchev–Trinajstić information content (AvgIpc) is 2.62. The lowest BCUT2D eigenvalue weighted by molar-refractivity contribution is 0.0600. The zero-order valence-corrected chi connectivity index (χ0v) is 13.7. The predicted molar refractivity (Wildman–Crippen MR) is 91.2 cm³/mol. The normalized spacial score (nSPS) is 10.1. The molecule has 1 aromatic heterocycles. The first-order valence-corrected chi connectivity index (χ1v) is 7.71. The second-order valence-corrected chi connectivity index (χ2v) is 5.11.